The Morgan fingerprint density at radius 3 is 0.827 bits per heavy atom. The summed E-state index contributed by atoms with van der Waals surface area (Å²) in [5.41, 5.74) is 0. The molecule has 0 amide bonds. The van der Waals surface area contributed by atoms with E-state index in [1.807, 2.05) is 0 Å². The molecule has 0 aliphatic carbocycles. The van der Waals surface area contributed by atoms with Crippen LogP contribution < -0.4 is 0 Å². The van der Waals surface area contributed by atoms with E-state index in [0.717, 1.165) is 89.9 Å². The van der Waals surface area contributed by atoms with Crippen LogP contribution in [-0.2, 0) is 28.6 Å². The highest BCUT2D eigenvalue weighted by atomic mass is 16.6. The monoisotopic (exact) mass is 1050 g/mol. The molecular weight excluding hydrogens is 925 g/mol. The van der Waals surface area contributed by atoms with Crippen LogP contribution in [0.4, 0.5) is 0 Å². The maximum atomic E-state index is 12.9. The molecule has 6 heteroatoms. The van der Waals surface area contributed by atoms with Crippen molar-refractivity contribution in [3.63, 3.8) is 0 Å². The van der Waals surface area contributed by atoms with Gasteiger partial charge in [-0.15, -0.1) is 0 Å². The lowest BCUT2D eigenvalue weighted by Gasteiger charge is -2.18. The van der Waals surface area contributed by atoms with E-state index in [0.29, 0.717) is 19.3 Å². The molecule has 0 aliphatic heterocycles. The molecule has 0 bridgehead atoms. The second-order valence-electron chi connectivity index (χ2n) is 21.6. The standard InChI is InChI=1S/C69H122O6/c1-4-7-10-13-16-18-20-22-24-26-28-30-32-33-34-35-37-38-40-42-44-46-48-50-53-56-59-62-68(71)74-65-66(64-73-67(70)61-58-55-52-15-12-9-6-3)75-69(72)63-60-57-54-51-49-47-45-43-41-39-36-31-29-27-25-23-21-19-17-14-11-8-5-2/h7,10,16,18,22,24,27-30,33-34,66H,4-6,8-9,11-15,17,19-21,23,25-26,31-32,35-65H2,1-3H3/b10-7-,18-16-,24-22-,29-27-,30-28-,34-33-. The minimum absolute atomic E-state index is 0.0735. The zero-order chi connectivity index (χ0) is 54.3. The van der Waals surface area contributed by atoms with Crippen LogP contribution in [-0.4, -0.2) is 37.2 Å². The second kappa shape index (κ2) is 63.4. The first-order valence-corrected chi connectivity index (χ1v) is 32.4. The number of carbonyl (C=O) groups is 3. The van der Waals surface area contributed by atoms with Crippen molar-refractivity contribution in [2.75, 3.05) is 13.2 Å². The van der Waals surface area contributed by atoms with Gasteiger partial charge in [-0.2, -0.15) is 0 Å². The molecule has 0 fully saturated rings. The zero-order valence-corrected chi connectivity index (χ0v) is 49.8. The van der Waals surface area contributed by atoms with Crippen LogP contribution in [0.3, 0.4) is 0 Å². The molecule has 0 N–H and O–H groups in total. The van der Waals surface area contributed by atoms with E-state index < -0.39 is 6.10 Å². The average molecular weight is 1050 g/mol. The van der Waals surface area contributed by atoms with Crippen LogP contribution in [0.25, 0.3) is 0 Å². The van der Waals surface area contributed by atoms with Crippen molar-refractivity contribution in [3.05, 3.63) is 72.9 Å². The normalized spacial score (nSPS) is 12.5. The van der Waals surface area contributed by atoms with Gasteiger partial charge in [-0.05, 0) is 89.9 Å². The fourth-order valence-electron chi connectivity index (χ4n) is 9.35. The fraction of sp³-hybridized carbons (Fsp3) is 0.783. The predicted octanol–water partition coefficient (Wildman–Crippen LogP) is 22.1. The van der Waals surface area contributed by atoms with Gasteiger partial charge in [-0.25, -0.2) is 0 Å². The molecule has 0 saturated carbocycles. The van der Waals surface area contributed by atoms with Crippen molar-refractivity contribution in [2.24, 2.45) is 0 Å². The van der Waals surface area contributed by atoms with E-state index >= 15 is 0 Å². The Kier molecular flexibility index (Phi) is 60.7. The van der Waals surface area contributed by atoms with Crippen molar-refractivity contribution < 1.29 is 28.6 Å². The van der Waals surface area contributed by atoms with E-state index in [1.165, 1.54) is 199 Å². The van der Waals surface area contributed by atoms with Gasteiger partial charge in [0, 0.05) is 19.3 Å². The number of hydrogen-bond donors (Lipinski definition) is 0. The molecule has 0 radical (unpaired) electrons. The average Bonchev–Trinajstić information content (AvgIpc) is 3.41. The zero-order valence-electron chi connectivity index (χ0n) is 49.8. The van der Waals surface area contributed by atoms with E-state index in [9.17, 15) is 14.4 Å². The molecule has 0 heterocycles. The third-order valence-corrected chi connectivity index (χ3v) is 14.2. The summed E-state index contributed by atoms with van der Waals surface area (Å²) in [5.74, 6) is -0.870. The largest absolute Gasteiger partial charge is 0.462 e. The van der Waals surface area contributed by atoms with Crippen LogP contribution in [0.5, 0.6) is 0 Å². The van der Waals surface area contributed by atoms with Crippen LogP contribution in [0, 0.1) is 0 Å². The lowest BCUT2D eigenvalue weighted by atomic mass is 10.0. The van der Waals surface area contributed by atoms with Gasteiger partial charge in [-0.3, -0.25) is 14.4 Å². The molecule has 434 valence electrons. The van der Waals surface area contributed by atoms with Crippen molar-refractivity contribution in [2.45, 2.75) is 335 Å². The Bertz CT molecular complexity index is 1390. The number of hydrogen-bond acceptors (Lipinski definition) is 6. The SMILES string of the molecule is CC/C=C\C/C=C\C/C=C\C/C=C\C/C=C\CCCCCCCCCCCCCC(=O)OCC(COC(=O)CCCCCCCCC)OC(=O)CCCCCCCCCCCCC/C=C\CCCCCCCCCC. The van der Waals surface area contributed by atoms with E-state index in [2.05, 4.69) is 93.7 Å². The van der Waals surface area contributed by atoms with E-state index in [-0.39, 0.29) is 31.1 Å². The highest BCUT2D eigenvalue weighted by molar-refractivity contribution is 5.71. The van der Waals surface area contributed by atoms with Gasteiger partial charge in [0.25, 0.3) is 0 Å². The van der Waals surface area contributed by atoms with Crippen LogP contribution >= 0.6 is 0 Å². The summed E-state index contributed by atoms with van der Waals surface area (Å²) in [6, 6.07) is 0. The first-order chi connectivity index (χ1) is 37.0. The first-order valence-electron chi connectivity index (χ1n) is 32.4. The first kappa shape index (κ1) is 71.8. The summed E-state index contributed by atoms with van der Waals surface area (Å²) in [4.78, 5) is 38.1. The molecule has 0 saturated heterocycles. The maximum Gasteiger partial charge on any atom is 0.306 e. The molecule has 0 aromatic carbocycles. The third kappa shape index (κ3) is 61.6. The van der Waals surface area contributed by atoms with E-state index in [1.54, 1.807) is 0 Å². The molecule has 75 heavy (non-hydrogen) atoms. The molecule has 1 unspecified atom stereocenters. The van der Waals surface area contributed by atoms with Crippen molar-refractivity contribution in [3.8, 4) is 0 Å². The Morgan fingerprint density at radius 2 is 0.520 bits per heavy atom. The molecule has 0 aromatic rings. The third-order valence-electron chi connectivity index (χ3n) is 14.2. The number of allylic oxidation sites excluding steroid dienone is 12. The summed E-state index contributed by atoms with van der Waals surface area (Å²) in [7, 11) is 0. The molecule has 0 aromatic heterocycles. The van der Waals surface area contributed by atoms with Gasteiger partial charge in [-0.1, -0.05) is 293 Å². The fourth-order valence-corrected chi connectivity index (χ4v) is 9.35. The minimum atomic E-state index is -0.774. The molecule has 0 aliphatic rings. The Hall–Kier alpha value is -3.15. The summed E-state index contributed by atoms with van der Waals surface area (Å²) in [5, 5.41) is 0. The van der Waals surface area contributed by atoms with E-state index in [4.69, 9.17) is 14.2 Å². The maximum absolute atomic E-state index is 12.9. The van der Waals surface area contributed by atoms with Gasteiger partial charge >= 0.3 is 17.9 Å². The molecule has 1 atom stereocenters. The number of unbranched alkanes of at least 4 members (excludes halogenated alkanes) is 36. The molecular formula is C69H122O6. The smallest absolute Gasteiger partial charge is 0.306 e. The highest BCUT2D eigenvalue weighted by Gasteiger charge is 2.19. The molecule has 6 nitrogen and oxygen atoms in total. The number of ether oxygens (including phenoxy) is 3. The second-order valence-corrected chi connectivity index (χ2v) is 21.6. The molecule has 0 spiro atoms. The van der Waals surface area contributed by atoms with Crippen molar-refractivity contribution in [1.82, 2.24) is 0 Å². The van der Waals surface area contributed by atoms with Gasteiger partial charge in [0.2, 0.25) is 0 Å². The lowest BCUT2D eigenvalue weighted by Crippen LogP contribution is -2.30. The lowest BCUT2D eigenvalue weighted by molar-refractivity contribution is -0.167. The summed E-state index contributed by atoms with van der Waals surface area (Å²) >= 11 is 0. The Balaban J connectivity index is 4.12. The quantitative estimate of drug-likeness (QED) is 0.0261. The topological polar surface area (TPSA) is 78.9 Å². The van der Waals surface area contributed by atoms with Crippen molar-refractivity contribution in [1.29, 1.82) is 0 Å². The highest BCUT2D eigenvalue weighted by Crippen LogP contribution is 2.17. The van der Waals surface area contributed by atoms with Gasteiger partial charge in [0.1, 0.15) is 13.2 Å². The summed E-state index contributed by atoms with van der Waals surface area (Å²) in [6.07, 6.45) is 82.2. The van der Waals surface area contributed by atoms with Crippen LogP contribution in [0.15, 0.2) is 72.9 Å². The van der Waals surface area contributed by atoms with Crippen LogP contribution in [0.1, 0.15) is 329 Å². The van der Waals surface area contributed by atoms with Gasteiger partial charge in [0.05, 0.1) is 0 Å². The number of rotatable bonds is 59. The molecule has 0 rings (SSSR count). The number of esters is 3. The Labute approximate surface area is 465 Å². The van der Waals surface area contributed by atoms with Gasteiger partial charge in [0.15, 0.2) is 6.10 Å². The number of carbonyl (C=O) groups excluding carboxylic acids is 3. The summed E-state index contributed by atoms with van der Waals surface area (Å²) < 4.78 is 16.9. The van der Waals surface area contributed by atoms with Crippen LogP contribution in [0.2, 0.25) is 0 Å². The summed E-state index contributed by atoms with van der Waals surface area (Å²) in [6.45, 7) is 6.52. The minimum Gasteiger partial charge on any atom is -0.462 e. The predicted molar refractivity (Wildman–Crippen MR) is 325 cm³/mol. The Morgan fingerprint density at radius 1 is 0.280 bits per heavy atom. The van der Waals surface area contributed by atoms with Gasteiger partial charge < -0.3 is 14.2 Å². The van der Waals surface area contributed by atoms with Crippen molar-refractivity contribution >= 4 is 17.9 Å².